The number of carboxylic acid groups (broad SMARTS) is 2. The van der Waals surface area contributed by atoms with Crippen molar-refractivity contribution in [1.29, 1.82) is 0 Å². The molecule has 0 spiro atoms. The molecular weight excluding hydrogens is 398 g/mol. The number of carboxylic acids is 2. The lowest BCUT2D eigenvalue weighted by atomic mass is 10.1. The number of carbonyl (C=O) groups is 6. The van der Waals surface area contributed by atoms with Gasteiger partial charge in [-0.1, -0.05) is 0 Å². The van der Waals surface area contributed by atoms with Crippen molar-refractivity contribution < 1.29 is 39.0 Å². The van der Waals surface area contributed by atoms with Gasteiger partial charge in [-0.25, -0.2) is 0 Å². The predicted molar refractivity (Wildman–Crippen MR) is 97.0 cm³/mol. The molecule has 0 aromatic rings. The Labute approximate surface area is 165 Å². The fourth-order valence-electron chi connectivity index (χ4n) is 1.88. The average Bonchev–Trinajstić information content (AvgIpc) is 2.59. The van der Waals surface area contributed by atoms with E-state index in [1.165, 1.54) is 0 Å². The van der Waals surface area contributed by atoms with Crippen LogP contribution >= 0.6 is 12.6 Å². The Balaban J connectivity index is 5.09. The summed E-state index contributed by atoms with van der Waals surface area (Å²) in [6, 6.07) is -3.96. The van der Waals surface area contributed by atoms with Crippen LogP contribution in [-0.2, 0) is 28.8 Å². The first kappa shape index (κ1) is 25.1. The number of amides is 4. The molecule has 0 saturated heterocycles. The highest BCUT2D eigenvalue weighted by Gasteiger charge is 2.28. The van der Waals surface area contributed by atoms with Crippen LogP contribution in [0.2, 0.25) is 0 Å². The van der Waals surface area contributed by atoms with Gasteiger partial charge in [-0.2, -0.15) is 12.6 Å². The predicted octanol–water partition coefficient (Wildman–Crippen LogP) is -3.85. The minimum absolute atomic E-state index is 0.196. The topological polar surface area (TPSA) is 231 Å². The van der Waals surface area contributed by atoms with E-state index in [4.69, 9.17) is 21.7 Å². The normalized spacial score (nSPS) is 13.5. The summed E-state index contributed by atoms with van der Waals surface area (Å²) in [5, 5.41) is 23.8. The van der Waals surface area contributed by atoms with Crippen LogP contribution in [0.1, 0.15) is 19.3 Å². The second-order valence-corrected chi connectivity index (χ2v) is 5.99. The van der Waals surface area contributed by atoms with E-state index in [0.717, 1.165) is 0 Å². The Morgan fingerprint density at radius 3 is 1.93 bits per heavy atom. The molecule has 0 aromatic carbocycles. The summed E-state index contributed by atoms with van der Waals surface area (Å²) in [5.41, 5.74) is 10.4. The summed E-state index contributed by atoms with van der Waals surface area (Å²) in [6.07, 6.45) is -1.30. The van der Waals surface area contributed by atoms with E-state index in [1.54, 1.807) is 0 Å². The lowest BCUT2D eigenvalue weighted by Crippen LogP contribution is -2.56. The Kier molecular flexibility index (Phi) is 11.2. The number of aliphatic carboxylic acids is 2. The highest BCUT2D eigenvalue weighted by molar-refractivity contribution is 7.80. The molecule has 4 amide bonds. The van der Waals surface area contributed by atoms with Gasteiger partial charge in [0, 0.05) is 12.2 Å². The molecule has 13 nitrogen and oxygen atoms in total. The minimum atomic E-state index is -1.38. The summed E-state index contributed by atoms with van der Waals surface area (Å²) < 4.78 is 0. The Bertz CT molecular complexity index is 629. The molecule has 28 heavy (non-hydrogen) atoms. The number of hydrogen-bond acceptors (Lipinski definition) is 8. The van der Waals surface area contributed by atoms with Crippen molar-refractivity contribution in [2.24, 2.45) is 11.5 Å². The zero-order valence-corrected chi connectivity index (χ0v) is 15.6. The number of hydrogen-bond donors (Lipinski definition) is 8. The lowest BCUT2D eigenvalue weighted by molar-refractivity contribution is -0.138. The smallest absolute Gasteiger partial charge is 0.322 e. The van der Waals surface area contributed by atoms with Gasteiger partial charge >= 0.3 is 11.9 Å². The first-order valence-electron chi connectivity index (χ1n) is 7.94. The lowest BCUT2D eigenvalue weighted by Gasteiger charge is -2.22. The highest BCUT2D eigenvalue weighted by Crippen LogP contribution is 2.02. The molecule has 14 heteroatoms. The molecule has 0 rings (SSSR count). The summed E-state index contributed by atoms with van der Waals surface area (Å²) in [6.45, 7) is -0.680. The van der Waals surface area contributed by atoms with Gasteiger partial charge in [0.1, 0.15) is 18.6 Å². The van der Waals surface area contributed by atoms with Crippen molar-refractivity contribution >= 4 is 48.2 Å². The van der Waals surface area contributed by atoms with Gasteiger partial charge in [-0.3, -0.25) is 28.8 Å². The summed E-state index contributed by atoms with van der Waals surface area (Å²) in [4.78, 5) is 68.3. The number of nitrogens with two attached hydrogens (primary N) is 2. The SMILES string of the molecule is NC(=O)CC(N)C(=O)NC(CCC(=O)O)C(=O)NC(CS)C(=O)NCC(=O)O. The van der Waals surface area contributed by atoms with Gasteiger partial charge in [0.2, 0.25) is 23.6 Å². The van der Waals surface area contributed by atoms with Gasteiger partial charge in [-0.15, -0.1) is 0 Å². The summed E-state index contributed by atoms with van der Waals surface area (Å²) >= 11 is 3.89. The van der Waals surface area contributed by atoms with Gasteiger partial charge < -0.3 is 37.6 Å². The van der Waals surface area contributed by atoms with Crippen LogP contribution in [0.25, 0.3) is 0 Å². The van der Waals surface area contributed by atoms with Crippen molar-refractivity contribution in [2.45, 2.75) is 37.4 Å². The molecular formula is C14H23N5O8S. The van der Waals surface area contributed by atoms with Crippen molar-refractivity contribution in [3.05, 3.63) is 0 Å². The number of primary amides is 1. The molecule has 0 aliphatic heterocycles. The maximum atomic E-state index is 12.4. The second-order valence-electron chi connectivity index (χ2n) is 5.63. The number of rotatable bonds is 13. The molecule has 158 valence electrons. The fraction of sp³-hybridized carbons (Fsp3) is 0.571. The van der Waals surface area contributed by atoms with E-state index in [0.29, 0.717) is 0 Å². The Hall–Kier alpha value is -2.87. The maximum absolute atomic E-state index is 12.4. The van der Waals surface area contributed by atoms with Crippen molar-refractivity contribution in [3.63, 3.8) is 0 Å². The molecule has 3 unspecified atom stereocenters. The van der Waals surface area contributed by atoms with Crippen LogP contribution in [-0.4, -0.2) is 76.2 Å². The van der Waals surface area contributed by atoms with Gasteiger partial charge in [0.25, 0.3) is 0 Å². The largest absolute Gasteiger partial charge is 0.481 e. The van der Waals surface area contributed by atoms with Crippen LogP contribution in [0.5, 0.6) is 0 Å². The van der Waals surface area contributed by atoms with E-state index in [9.17, 15) is 28.8 Å². The van der Waals surface area contributed by atoms with E-state index in [2.05, 4.69) is 28.6 Å². The zero-order chi connectivity index (χ0) is 21.9. The molecule has 0 aliphatic carbocycles. The van der Waals surface area contributed by atoms with Crippen LogP contribution in [0.3, 0.4) is 0 Å². The van der Waals surface area contributed by atoms with E-state index in [-0.39, 0.29) is 12.2 Å². The standard InChI is InChI=1S/C14H23N5O8S/c15-6(3-9(16)20)12(25)18-7(1-2-10(21)22)14(27)19-8(5-28)13(26)17-4-11(23)24/h6-8,28H,1-5,15H2,(H2,16,20)(H,17,26)(H,18,25)(H,19,27)(H,21,22)(H,23,24). The van der Waals surface area contributed by atoms with Crippen molar-refractivity contribution in [1.82, 2.24) is 16.0 Å². The highest BCUT2D eigenvalue weighted by atomic mass is 32.1. The average molecular weight is 421 g/mol. The quantitative estimate of drug-likeness (QED) is 0.136. The van der Waals surface area contributed by atoms with Crippen LogP contribution in [0.4, 0.5) is 0 Å². The maximum Gasteiger partial charge on any atom is 0.322 e. The van der Waals surface area contributed by atoms with E-state index in [1.807, 2.05) is 0 Å². The third kappa shape index (κ3) is 10.3. The summed E-state index contributed by atoms with van der Waals surface area (Å²) in [7, 11) is 0. The van der Waals surface area contributed by atoms with Crippen LogP contribution in [0.15, 0.2) is 0 Å². The van der Waals surface area contributed by atoms with Crippen LogP contribution in [0, 0.1) is 0 Å². The molecule has 0 saturated carbocycles. The molecule has 0 heterocycles. The van der Waals surface area contributed by atoms with Gasteiger partial charge in [0.05, 0.1) is 12.5 Å². The van der Waals surface area contributed by atoms with Gasteiger partial charge in [-0.05, 0) is 6.42 Å². The second kappa shape index (κ2) is 12.5. The fourth-order valence-corrected chi connectivity index (χ4v) is 2.13. The number of thiol groups is 1. The first-order valence-corrected chi connectivity index (χ1v) is 8.57. The molecule has 0 fully saturated rings. The third-order valence-electron chi connectivity index (χ3n) is 3.27. The molecule has 0 bridgehead atoms. The number of carbonyl (C=O) groups excluding carboxylic acids is 4. The first-order chi connectivity index (χ1) is 13.0. The molecule has 0 radical (unpaired) electrons. The minimum Gasteiger partial charge on any atom is -0.481 e. The third-order valence-corrected chi connectivity index (χ3v) is 3.63. The molecule has 3 atom stereocenters. The Morgan fingerprint density at radius 1 is 0.893 bits per heavy atom. The van der Waals surface area contributed by atoms with Crippen molar-refractivity contribution in [3.8, 4) is 0 Å². The molecule has 0 aliphatic rings. The van der Waals surface area contributed by atoms with E-state index >= 15 is 0 Å². The number of nitrogens with one attached hydrogen (secondary N) is 3. The monoisotopic (exact) mass is 421 g/mol. The van der Waals surface area contributed by atoms with Crippen LogP contribution < -0.4 is 27.4 Å². The summed E-state index contributed by atoms with van der Waals surface area (Å²) in [5.74, 6) is -6.24. The molecule has 0 aromatic heterocycles. The van der Waals surface area contributed by atoms with Crippen molar-refractivity contribution in [2.75, 3.05) is 12.3 Å². The zero-order valence-electron chi connectivity index (χ0n) is 14.7. The van der Waals surface area contributed by atoms with Gasteiger partial charge in [0.15, 0.2) is 0 Å². The van der Waals surface area contributed by atoms with E-state index < -0.39 is 73.1 Å². The Morgan fingerprint density at radius 2 is 1.46 bits per heavy atom. The molecule has 9 N–H and O–H groups in total.